The van der Waals surface area contributed by atoms with Gasteiger partial charge in [-0.2, -0.15) is 0 Å². The molecule has 0 spiro atoms. The molecular formula is C16H13Br2O3-. The van der Waals surface area contributed by atoms with E-state index in [-0.39, 0.29) is 0 Å². The number of halogens is 2. The van der Waals surface area contributed by atoms with Crippen molar-refractivity contribution in [1.29, 1.82) is 0 Å². The van der Waals surface area contributed by atoms with Crippen molar-refractivity contribution in [2.45, 2.75) is 19.4 Å². The average molecular weight is 413 g/mol. The molecule has 0 N–H and O–H groups in total. The molecule has 0 aliphatic rings. The first kappa shape index (κ1) is 16.0. The highest BCUT2D eigenvalue weighted by atomic mass is 79.9. The lowest BCUT2D eigenvalue weighted by atomic mass is 9.95. The minimum atomic E-state index is -1.57. The molecule has 3 nitrogen and oxygen atoms in total. The molecule has 2 aromatic rings. The standard InChI is InChI=1S/C16H14Br2O3/c1-10-3-5-11(6-4-10)16(2,15(19)20)21-14-8-7-12(17)9-13(14)18/h3-9H,1-2H3,(H,19,20)/p-1. The van der Waals surface area contributed by atoms with Crippen molar-refractivity contribution in [3.8, 4) is 5.75 Å². The zero-order valence-electron chi connectivity index (χ0n) is 11.5. The third kappa shape index (κ3) is 3.47. The number of rotatable bonds is 4. The number of aryl methyl sites for hydroxylation is 1. The number of benzene rings is 2. The lowest BCUT2D eigenvalue weighted by molar-refractivity contribution is -0.322. The molecule has 0 aromatic heterocycles. The zero-order chi connectivity index (χ0) is 15.6. The summed E-state index contributed by atoms with van der Waals surface area (Å²) in [5.41, 5.74) is 0.0107. The van der Waals surface area contributed by atoms with Gasteiger partial charge >= 0.3 is 0 Å². The van der Waals surface area contributed by atoms with Crippen molar-refractivity contribution in [2.75, 3.05) is 0 Å². The molecule has 1 unspecified atom stereocenters. The van der Waals surface area contributed by atoms with Crippen LogP contribution in [-0.4, -0.2) is 5.97 Å². The van der Waals surface area contributed by atoms with Gasteiger partial charge in [-0.1, -0.05) is 45.8 Å². The monoisotopic (exact) mass is 411 g/mol. The molecule has 21 heavy (non-hydrogen) atoms. The van der Waals surface area contributed by atoms with Crippen LogP contribution in [0.25, 0.3) is 0 Å². The lowest BCUT2D eigenvalue weighted by Crippen LogP contribution is -2.48. The Morgan fingerprint density at radius 3 is 2.29 bits per heavy atom. The average Bonchev–Trinajstić information content (AvgIpc) is 2.42. The molecule has 0 bridgehead atoms. The molecule has 2 rings (SSSR count). The predicted molar refractivity (Wildman–Crippen MR) is 86.0 cm³/mol. The molecular weight excluding hydrogens is 400 g/mol. The van der Waals surface area contributed by atoms with E-state index in [9.17, 15) is 9.90 Å². The molecule has 1 atom stereocenters. The highest BCUT2D eigenvalue weighted by Crippen LogP contribution is 2.34. The second kappa shape index (κ2) is 6.20. The quantitative estimate of drug-likeness (QED) is 0.771. The molecule has 0 radical (unpaired) electrons. The van der Waals surface area contributed by atoms with Gasteiger partial charge in [0.25, 0.3) is 0 Å². The fourth-order valence-corrected chi connectivity index (χ4v) is 3.00. The summed E-state index contributed by atoms with van der Waals surface area (Å²) >= 11 is 6.71. The first-order valence-electron chi connectivity index (χ1n) is 6.25. The van der Waals surface area contributed by atoms with Crippen LogP contribution in [0, 0.1) is 6.92 Å². The van der Waals surface area contributed by atoms with Gasteiger partial charge < -0.3 is 14.6 Å². The summed E-state index contributed by atoms with van der Waals surface area (Å²) in [5, 5.41) is 11.6. The summed E-state index contributed by atoms with van der Waals surface area (Å²) in [6.07, 6.45) is 0. The maximum absolute atomic E-state index is 11.6. The van der Waals surface area contributed by atoms with Crippen LogP contribution in [0.3, 0.4) is 0 Å². The maximum atomic E-state index is 11.6. The summed E-state index contributed by atoms with van der Waals surface area (Å²) in [6.45, 7) is 3.42. The molecule has 0 aliphatic heterocycles. The molecule has 2 aromatic carbocycles. The van der Waals surface area contributed by atoms with Gasteiger partial charge in [-0.15, -0.1) is 0 Å². The van der Waals surface area contributed by atoms with E-state index < -0.39 is 11.6 Å². The van der Waals surface area contributed by atoms with Crippen molar-refractivity contribution in [2.24, 2.45) is 0 Å². The van der Waals surface area contributed by atoms with Crippen molar-refractivity contribution >= 4 is 37.8 Å². The number of carbonyl (C=O) groups excluding carboxylic acids is 1. The van der Waals surface area contributed by atoms with E-state index in [1.165, 1.54) is 6.92 Å². The molecule has 5 heteroatoms. The number of ether oxygens (including phenoxy) is 1. The van der Waals surface area contributed by atoms with Crippen LogP contribution in [0.4, 0.5) is 0 Å². The Morgan fingerprint density at radius 1 is 1.14 bits per heavy atom. The van der Waals surface area contributed by atoms with Crippen LogP contribution in [-0.2, 0) is 10.4 Å². The van der Waals surface area contributed by atoms with Gasteiger partial charge in [0.2, 0.25) is 0 Å². The Balaban J connectivity index is 2.43. The number of hydrogen-bond acceptors (Lipinski definition) is 3. The zero-order valence-corrected chi connectivity index (χ0v) is 14.7. The number of carboxylic acids is 1. The highest BCUT2D eigenvalue weighted by molar-refractivity contribution is 9.11. The normalized spacial score (nSPS) is 13.5. The third-order valence-corrected chi connectivity index (χ3v) is 4.31. The molecule has 0 amide bonds. The highest BCUT2D eigenvalue weighted by Gasteiger charge is 2.31. The summed E-state index contributed by atoms with van der Waals surface area (Å²) in [7, 11) is 0. The van der Waals surface area contributed by atoms with Gasteiger partial charge in [0, 0.05) is 10.0 Å². The van der Waals surface area contributed by atoms with Crippen LogP contribution in [0.2, 0.25) is 0 Å². The Kier molecular flexibility index (Phi) is 4.74. The molecule has 110 valence electrons. The molecule has 0 aliphatic carbocycles. The number of hydrogen-bond donors (Lipinski definition) is 0. The van der Waals surface area contributed by atoms with Gasteiger partial charge in [0.05, 0.1) is 10.4 Å². The Bertz CT molecular complexity index is 668. The molecule has 0 fully saturated rings. The third-order valence-electron chi connectivity index (χ3n) is 3.20. The van der Waals surface area contributed by atoms with Crippen LogP contribution < -0.4 is 9.84 Å². The SMILES string of the molecule is Cc1ccc(C(C)(Oc2ccc(Br)cc2Br)C(=O)[O-])cc1. The van der Waals surface area contributed by atoms with Gasteiger partial charge in [0.15, 0.2) is 5.60 Å². The van der Waals surface area contributed by atoms with Gasteiger partial charge in [-0.25, -0.2) is 0 Å². The molecule has 0 heterocycles. The lowest BCUT2D eigenvalue weighted by Gasteiger charge is -2.32. The van der Waals surface area contributed by atoms with Crippen molar-refractivity contribution in [3.05, 3.63) is 62.5 Å². The summed E-state index contributed by atoms with van der Waals surface area (Å²) in [5.74, 6) is -0.855. The topological polar surface area (TPSA) is 49.4 Å². The fraction of sp³-hybridized carbons (Fsp3) is 0.188. The fourth-order valence-electron chi connectivity index (χ4n) is 1.87. The predicted octanol–water partition coefficient (Wildman–Crippen LogP) is 3.56. The number of carboxylic acid groups (broad SMARTS) is 1. The van der Waals surface area contributed by atoms with Gasteiger partial charge in [-0.3, -0.25) is 0 Å². The van der Waals surface area contributed by atoms with E-state index in [0.717, 1.165) is 10.0 Å². The van der Waals surface area contributed by atoms with E-state index in [1.807, 2.05) is 19.1 Å². The van der Waals surface area contributed by atoms with Crippen LogP contribution in [0.15, 0.2) is 51.4 Å². The second-order valence-electron chi connectivity index (χ2n) is 4.86. The van der Waals surface area contributed by atoms with Gasteiger partial charge in [0.1, 0.15) is 5.75 Å². The first-order valence-corrected chi connectivity index (χ1v) is 7.84. The Hall–Kier alpha value is -1.33. The van der Waals surface area contributed by atoms with E-state index >= 15 is 0 Å². The van der Waals surface area contributed by atoms with E-state index in [2.05, 4.69) is 31.9 Å². The first-order chi connectivity index (χ1) is 9.83. The van der Waals surface area contributed by atoms with Crippen LogP contribution in [0.5, 0.6) is 5.75 Å². The number of carbonyl (C=O) groups is 1. The van der Waals surface area contributed by atoms with Crippen molar-refractivity contribution < 1.29 is 14.6 Å². The van der Waals surface area contributed by atoms with Crippen molar-refractivity contribution in [3.63, 3.8) is 0 Å². The second-order valence-corrected chi connectivity index (χ2v) is 6.63. The smallest absolute Gasteiger partial charge is 0.170 e. The van der Waals surface area contributed by atoms with Gasteiger partial charge in [-0.05, 0) is 48.0 Å². The van der Waals surface area contributed by atoms with Crippen LogP contribution in [0.1, 0.15) is 18.1 Å². The molecule has 0 saturated carbocycles. The Labute approximate surface area is 140 Å². The van der Waals surface area contributed by atoms with E-state index in [1.54, 1.807) is 30.3 Å². The largest absolute Gasteiger partial charge is 0.545 e. The van der Waals surface area contributed by atoms with Crippen LogP contribution >= 0.6 is 31.9 Å². The summed E-state index contributed by atoms with van der Waals surface area (Å²) in [6, 6.07) is 12.4. The van der Waals surface area contributed by atoms with Crippen molar-refractivity contribution in [1.82, 2.24) is 0 Å². The maximum Gasteiger partial charge on any atom is 0.170 e. The minimum absolute atomic E-state index is 0.436. The van der Waals surface area contributed by atoms with E-state index in [0.29, 0.717) is 15.8 Å². The number of aliphatic carboxylic acids is 1. The summed E-state index contributed by atoms with van der Waals surface area (Å²) < 4.78 is 7.28. The minimum Gasteiger partial charge on any atom is -0.545 e. The summed E-state index contributed by atoms with van der Waals surface area (Å²) in [4.78, 5) is 11.6. The van der Waals surface area contributed by atoms with E-state index in [4.69, 9.17) is 4.74 Å². The molecule has 0 saturated heterocycles. The Morgan fingerprint density at radius 2 is 1.76 bits per heavy atom.